The standard InChI is InChI=1S/C31H31N3O4S/c35-31(36)29-25-12-11-21(15-27(25)39-33-29)34-19-9-10-20(34)14-22(13-19)37-16-26-28(32-38-30(26)18-7-8-18)24-4-2-1-3-23(24)17-5-6-17/h1-4,11-12,15,17-20,22H,5-10,13-14,16H2,(H,35,36)/t19-,20+,22?. The van der Waals surface area contributed by atoms with Crippen LogP contribution in [0.2, 0.25) is 0 Å². The number of hydrogen-bond acceptors (Lipinski definition) is 7. The van der Waals surface area contributed by atoms with Crippen molar-refractivity contribution in [1.82, 2.24) is 9.53 Å². The highest BCUT2D eigenvalue weighted by molar-refractivity contribution is 7.13. The number of benzene rings is 2. The van der Waals surface area contributed by atoms with Gasteiger partial charge in [-0.1, -0.05) is 29.4 Å². The molecule has 200 valence electrons. The lowest BCUT2D eigenvalue weighted by atomic mass is 9.96. The van der Waals surface area contributed by atoms with Gasteiger partial charge in [0.2, 0.25) is 0 Å². The van der Waals surface area contributed by atoms with E-state index in [9.17, 15) is 9.90 Å². The van der Waals surface area contributed by atoms with Crippen LogP contribution in [0.5, 0.6) is 0 Å². The summed E-state index contributed by atoms with van der Waals surface area (Å²) in [5.41, 5.74) is 6.07. The maximum atomic E-state index is 11.5. The third-order valence-corrected chi connectivity index (χ3v) is 9.92. The topological polar surface area (TPSA) is 88.7 Å². The minimum absolute atomic E-state index is 0.148. The van der Waals surface area contributed by atoms with Crippen LogP contribution in [0.1, 0.15) is 90.6 Å². The summed E-state index contributed by atoms with van der Waals surface area (Å²) >= 11 is 1.27. The molecule has 2 aliphatic heterocycles. The first-order chi connectivity index (χ1) is 19.1. The van der Waals surface area contributed by atoms with E-state index >= 15 is 0 Å². The fourth-order valence-electron chi connectivity index (χ4n) is 6.93. The van der Waals surface area contributed by atoms with Crippen molar-refractivity contribution in [2.45, 2.75) is 88.0 Å². The number of hydrogen-bond donors (Lipinski definition) is 1. The molecule has 2 aromatic heterocycles. The van der Waals surface area contributed by atoms with Crippen LogP contribution in [0.3, 0.4) is 0 Å². The second-order valence-corrected chi connectivity index (χ2v) is 12.5. The van der Waals surface area contributed by atoms with E-state index in [4.69, 9.17) is 9.26 Å². The minimum atomic E-state index is -0.969. The van der Waals surface area contributed by atoms with Gasteiger partial charge in [-0.15, -0.1) is 0 Å². The average molecular weight is 542 g/mol. The third-order valence-electron chi connectivity index (χ3n) is 9.11. The Balaban J connectivity index is 1.01. The van der Waals surface area contributed by atoms with Crippen LogP contribution in [-0.4, -0.2) is 38.8 Å². The first-order valence-electron chi connectivity index (χ1n) is 14.2. The zero-order valence-corrected chi connectivity index (χ0v) is 22.5. The number of anilines is 1. The van der Waals surface area contributed by atoms with E-state index in [2.05, 4.69) is 50.8 Å². The summed E-state index contributed by atoms with van der Waals surface area (Å²) < 4.78 is 17.7. The van der Waals surface area contributed by atoms with Crippen molar-refractivity contribution in [2.75, 3.05) is 4.90 Å². The van der Waals surface area contributed by atoms with E-state index in [1.807, 2.05) is 6.07 Å². The number of carboxylic acid groups (broad SMARTS) is 1. The SMILES string of the molecule is O=C(O)c1nsc2cc(N3[C@@H]4CC[C@H]3CC(OCc3c(-c5ccccc5C5CC5)noc3C3CC3)C4)ccc12. The molecule has 8 rings (SSSR count). The number of aromatic nitrogens is 2. The molecular formula is C31H31N3O4S. The Morgan fingerprint density at radius 3 is 2.54 bits per heavy atom. The predicted molar refractivity (Wildman–Crippen MR) is 150 cm³/mol. The van der Waals surface area contributed by atoms with Gasteiger partial charge in [-0.2, -0.15) is 4.37 Å². The molecule has 3 atom stereocenters. The maximum absolute atomic E-state index is 11.5. The van der Waals surface area contributed by atoms with Gasteiger partial charge in [-0.25, -0.2) is 4.79 Å². The molecule has 4 aromatic rings. The Morgan fingerprint density at radius 1 is 1.03 bits per heavy atom. The summed E-state index contributed by atoms with van der Waals surface area (Å²) in [6.45, 7) is 0.554. The van der Waals surface area contributed by atoms with E-state index in [0.717, 1.165) is 52.8 Å². The highest BCUT2D eigenvalue weighted by Gasteiger charge is 2.42. The van der Waals surface area contributed by atoms with Gasteiger partial charge in [0, 0.05) is 40.2 Å². The summed E-state index contributed by atoms with van der Waals surface area (Å²) in [5.74, 6) is 1.20. The normalized spacial score (nSPS) is 24.5. The van der Waals surface area contributed by atoms with E-state index in [1.165, 1.54) is 54.0 Å². The van der Waals surface area contributed by atoms with Gasteiger partial charge in [-0.3, -0.25) is 0 Å². The number of ether oxygens (including phenoxy) is 1. The molecule has 1 N–H and O–H groups in total. The Labute approximate surface area is 230 Å². The molecule has 7 nitrogen and oxygen atoms in total. The first-order valence-corrected chi connectivity index (χ1v) is 15.0. The minimum Gasteiger partial charge on any atom is -0.476 e. The van der Waals surface area contributed by atoms with Crippen LogP contribution in [0.25, 0.3) is 21.3 Å². The predicted octanol–water partition coefficient (Wildman–Crippen LogP) is 7.12. The lowest BCUT2D eigenvalue weighted by Gasteiger charge is -2.40. The molecule has 0 spiro atoms. The second kappa shape index (κ2) is 9.17. The van der Waals surface area contributed by atoms with E-state index in [0.29, 0.717) is 30.5 Å². The lowest BCUT2D eigenvalue weighted by Crippen LogP contribution is -2.45. The van der Waals surface area contributed by atoms with Crippen molar-refractivity contribution in [1.29, 1.82) is 0 Å². The van der Waals surface area contributed by atoms with Crippen molar-refractivity contribution >= 4 is 33.3 Å². The fourth-order valence-corrected chi connectivity index (χ4v) is 7.73. The first kappa shape index (κ1) is 23.6. The fraction of sp³-hybridized carbons (Fsp3) is 0.452. The molecule has 1 unspecified atom stereocenters. The Hall–Kier alpha value is -3.23. The number of nitrogens with zero attached hydrogens (tertiary/aromatic N) is 3. The number of carbonyl (C=O) groups is 1. The highest BCUT2D eigenvalue weighted by atomic mass is 32.1. The van der Waals surface area contributed by atoms with Crippen molar-refractivity contribution in [3.05, 3.63) is 65.0 Å². The van der Waals surface area contributed by atoms with Crippen LogP contribution in [0, 0.1) is 0 Å². The Kier molecular flexibility index (Phi) is 5.56. The number of aromatic carboxylic acids is 1. The van der Waals surface area contributed by atoms with Gasteiger partial charge < -0.3 is 19.3 Å². The van der Waals surface area contributed by atoms with Gasteiger partial charge in [0.15, 0.2) is 5.69 Å². The molecule has 39 heavy (non-hydrogen) atoms. The summed E-state index contributed by atoms with van der Waals surface area (Å²) in [4.78, 5) is 14.0. The average Bonchev–Trinajstić information content (AvgIpc) is 3.87. The number of rotatable bonds is 8. The van der Waals surface area contributed by atoms with Crippen LogP contribution >= 0.6 is 11.5 Å². The second-order valence-electron chi connectivity index (χ2n) is 11.7. The molecule has 2 aromatic carbocycles. The van der Waals surface area contributed by atoms with Crippen molar-refractivity contribution in [3.63, 3.8) is 0 Å². The molecule has 4 aliphatic rings. The highest BCUT2D eigenvalue weighted by Crippen LogP contribution is 2.48. The molecule has 0 amide bonds. The van der Waals surface area contributed by atoms with Gasteiger partial charge in [0.1, 0.15) is 11.5 Å². The van der Waals surface area contributed by atoms with E-state index in [1.54, 1.807) is 0 Å². The molecular weight excluding hydrogens is 510 g/mol. The molecule has 2 saturated carbocycles. The maximum Gasteiger partial charge on any atom is 0.356 e. The van der Waals surface area contributed by atoms with Gasteiger partial charge in [-0.05, 0) is 92.6 Å². The molecule has 4 heterocycles. The third kappa shape index (κ3) is 4.16. The molecule has 2 bridgehead atoms. The van der Waals surface area contributed by atoms with Crippen molar-refractivity contribution in [3.8, 4) is 11.3 Å². The summed E-state index contributed by atoms with van der Waals surface area (Å²) in [6, 6.07) is 15.7. The number of carboxylic acids is 1. The summed E-state index contributed by atoms with van der Waals surface area (Å²) in [7, 11) is 0. The summed E-state index contributed by atoms with van der Waals surface area (Å²) in [6.07, 6.45) is 9.38. The molecule has 2 aliphatic carbocycles. The number of fused-ring (bicyclic) bond motifs is 3. The zero-order chi connectivity index (χ0) is 26.1. The van der Waals surface area contributed by atoms with Crippen LogP contribution in [0.4, 0.5) is 5.69 Å². The van der Waals surface area contributed by atoms with Crippen molar-refractivity contribution < 1.29 is 19.2 Å². The van der Waals surface area contributed by atoms with Gasteiger partial charge in [0.05, 0.1) is 17.4 Å². The van der Waals surface area contributed by atoms with E-state index < -0.39 is 5.97 Å². The Morgan fingerprint density at radius 2 is 1.79 bits per heavy atom. The molecule has 2 saturated heterocycles. The van der Waals surface area contributed by atoms with Crippen LogP contribution in [0.15, 0.2) is 47.0 Å². The molecule has 4 fully saturated rings. The molecule has 0 radical (unpaired) electrons. The Bertz CT molecular complexity index is 1560. The lowest BCUT2D eigenvalue weighted by molar-refractivity contribution is 0.0147. The van der Waals surface area contributed by atoms with E-state index in [-0.39, 0.29) is 11.8 Å². The van der Waals surface area contributed by atoms with Crippen LogP contribution in [-0.2, 0) is 11.3 Å². The van der Waals surface area contributed by atoms with Crippen molar-refractivity contribution in [2.24, 2.45) is 0 Å². The zero-order valence-electron chi connectivity index (χ0n) is 21.7. The molecule has 8 heteroatoms. The monoisotopic (exact) mass is 541 g/mol. The largest absolute Gasteiger partial charge is 0.476 e. The van der Waals surface area contributed by atoms with Gasteiger partial charge >= 0.3 is 5.97 Å². The smallest absolute Gasteiger partial charge is 0.356 e. The van der Waals surface area contributed by atoms with Crippen LogP contribution < -0.4 is 4.90 Å². The van der Waals surface area contributed by atoms with Gasteiger partial charge in [0.25, 0.3) is 0 Å². The quantitative estimate of drug-likeness (QED) is 0.254. The summed E-state index contributed by atoms with van der Waals surface area (Å²) in [5, 5.41) is 14.7. The number of piperidine rings is 1.